The van der Waals surface area contributed by atoms with Gasteiger partial charge in [-0.1, -0.05) is 25.1 Å². The molecule has 0 bridgehead atoms. The number of nitrogens with zero attached hydrogens (tertiary/aromatic N) is 3. The van der Waals surface area contributed by atoms with Crippen LogP contribution in [0.15, 0.2) is 88.3 Å². The van der Waals surface area contributed by atoms with Crippen molar-refractivity contribution in [1.29, 1.82) is 0 Å². The summed E-state index contributed by atoms with van der Waals surface area (Å²) in [5.41, 5.74) is 4.51. The van der Waals surface area contributed by atoms with Crippen LogP contribution < -0.4 is 4.74 Å². The molecule has 2 heterocycles. The van der Waals surface area contributed by atoms with Crippen molar-refractivity contribution < 1.29 is 30.7 Å². The third-order valence-electron chi connectivity index (χ3n) is 6.19. The summed E-state index contributed by atoms with van der Waals surface area (Å²) in [6.45, 7) is 3.67. The maximum Gasteiger partial charge on any atom is 0.573 e. The normalized spacial score (nSPS) is 12.1. The number of halogens is 3. The molecule has 2 aromatic heterocycles. The molecule has 0 saturated carbocycles. The first-order valence-electron chi connectivity index (χ1n) is 12.2. The number of sulfone groups is 1. The number of aryl methyl sites for hydroxylation is 2. The molecular formula is C29H24F3N3O4S. The molecule has 0 saturated heterocycles. The molecule has 7 nitrogen and oxygen atoms in total. The van der Waals surface area contributed by atoms with E-state index < -0.39 is 16.2 Å². The van der Waals surface area contributed by atoms with Crippen molar-refractivity contribution in [2.45, 2.75) is 31.5 Å². The third kappa shape index (κ3) is 5.79. The van der Waals surface area contributed by atoms with Crippen LogP contribution in [-0.4, -0.2) is 35.8 Å². The smallest absolute Gasteiger partial charge is 0.440 e. The van der Waals surface area contributed by atoms with Crippen molar-refractivity contribution in [3.05, 3.63) is 90.6 Å². The lowest BCUT2D eigenvalue weighted by Gasteiger charge is -2.13. The van der Waals surface area contributed by atoms with Crippen LogP contribution in [0.1, 0.15) is 18.5 Å². The molecule has 0 amide bonds. The van der Waals surface area contributed by atoms with Gasteiger partial charge >= 0.3 is 6.36 Å². The van der Waals surface area contributed by atoms with E-state index >= 15 is 0 Å². The van der Waals surface area contributed by atoms with Gasteiger partial charge in [-0.05, 0) is 72.1 Å². The second-order valence-electron chi connectivity index (χ2n) is 9.12. The zero-order chi connectivity index (χ0) is 28.7. The number of hydrogen-bond acceptors (Lipinski definition) is 6. The van der Waals surface area contributed by atoms with Crippen LogP contribution in [0.3, 0.4) is 0 Å². The highest BCUT2D eigenvalue weighted by molar-refractivity contribution is 7.90. The summed E-state index contributed by atoms with van der Waals surface area (Å²) in [5, 5.41) is 4.64. The molecule has 0 aliphatic carbocycles. The predicted molar refractivity (Wildman–Crippen MR) is 144 cm³/mol. The number of rotatable bonds is 7. The Hall–Kier alpha value is -4.38. The first-order chi connectivity index (χ1) is 18.9. The van der Waals surface area contributed by atoms with Gasteiger partial charge in [-0.25, -0.2) is 18.1 Å². The Kier molecular flexibility index (Phi) is 7.01. The Balaban J connectivity index is 1.67. The molecule has 0 spiro atoms. The van der Waals surface area contributed by atoms with Crippen molar-refractivity contribution in [3.8, 4) is 45.1 Å². The molecule has 0 aliphatic heterocycles. The molecular weight excluding hydrogens is 543 g/mol. The maximum absolute atomic E-state index is 12.7. The van der Waals surface area contributed by atoms with Gasteiger partial charge in [0.15, 0.2) is 21.5 Å². The molecule has 11 heteroatoms. The lowest BCUT2D eigenvalue weighted by Crippen LogP contribution is -2.16. The van der Waals surface area contributed by atoms with Gasteiger partial charge in [0.05, 0.1) is 16.3 Å². The Bertz CT molecular complexity index is 1790. The summed E-state index contributed by atoms with van der Waals surface area (Å²) < 4.78 is 74.1. The van der Waals surface area contributed by atoms with Crippen molar-refractivity contribution in [2.75, 3.05) is 6.26 Å². The first kappa shape index (κ1) is 27.2. The van der Waals surface area contributed by atoms with Crippen LogP contribution in [-0.2, 0) is 16.3 Å². The van der Waals surface area contributed by atoms with Gasteiger partial charge < -0.3 is 9.15 Å². The van der Waals surface area contributed by atoms with Crippen molar-refractivity contribution in [1.82, 2.24) is 14.8 Å². The number of ether oxygens (including phenoxy) is 1. The molecule has 5 rings (SSSR count). The Labute approximate surface area is 228 Å². The Morgan fingerprint density at radius 1 is 0.950 bits per heavy atom. The summed E-state index contributed by atoms with van der Waals surface area (Å²) in [6, 6.07) is 19.5. The highest BCUT2D eigenvalue weighted by Gasteiger charge is 2.31. The Morgan fingerprint density at radius 3 is 2.30 bits per heavy atom. The van der Waals surface area contributed by atoms with E-state index in [4.69, 9.17) is 4.42 Å². The fraction of sp³-hybridized carbons (Fsp3) is 0.172. The van der Waals surface area contributed by atoms with Gasteiger partial charge in [0, 0.05) is 30.5 Å². The molecule has 40 heavy (non-hydrogen) atoms. The summed E-state index contributed by atoms with van der Waals surface area (Å²) in [5.74, 6) is 0.382. The van der Waals surface area contributed by atoms with Crippen LogP contribution in [0.25, 0.3) is 39.4 Å². The lowest BCUT2D eigenvalue weighted by molar-refractivity contribution is -0.274. The molecule has 0 fully saturated rings. The van der Waals surface area contributed by atoms with Crippen molar-refractivity contribution >= 4 is 9.84 Å². The molecule has 5 aromatic rings. The lowest BCUT2D eigenvalue weighted by atomic mass is 9.98. The van der Waals surface area contributed by atoms with E-state index in [1.54, 1.807) is 23.7 Å². The SMILES string of the molecule is CCc1ccn(-c2ccc(-c3cccc(S(C)(=O)=O)c3)cc2-c2oc(C)nc2-c2ccc(OC(F)(F)F)cc2)n1. The standard InChI is InChI=1S/C29H24F3N3O4S/c1-4-22-14-15-35(34-22)26-13-10-21(20-6-5-7-24(16-20)40(3,36)37)17-25(26)28-27(33-18(2)38-28)19-8-11-23(12-9-19)39-29(30,31)32/h5-17H,4H2,1-3H3. The average Bonchev–Trinajstić information content (AvgIpc) is 3.54. The first-order valence-corrected chi connectivity index (χ1v) is 14.1. The fourth-order valence-corrected chi connectivity index (χ4v) is 4.97. The minimum atomic E-state index is -4.80. The molecule has 0 radical (unpaired) electrons. The zero-order valence-corrected chi connectivity index (χ0v) is 22.5. The minimum absolute atomic E-state index is 0.188. The van der Waals surface area contributed by atoms with E-state index in [1.165, 1.54) is 30.3 Å². The second kappa shape index (κ2) is 10.3. The van der Waals surface area contributed by atoms with Gasteiger partial charge in [0.2, 0.25) is 0 Å². The van der Waals surface area contributed by atoms with Gasteiger partial charge in [-0.3, -0.25) is 0 Å². The summed E-state index contributed by atoms with van der Waals surface area (Å²) in [7, 11) is -3.42. The molecule has 0 N–H and O–H groups in total. The third-order valence-corrected chi connectivity index (χ3v) is 7.30. The van der Waals surface area contributed by atoms with Gasteiger partial charge in [0.25, 0.3) is 0 Å². The van der Waals surface area contributed by atoms with Crippen LogP contribution in [0.4, 0.5) is 13.2 Å². The van der Waals surface area contributed by atoms with Gasteiger partial charge in [0.1, 0.15) is 11.4 Å². The van der Waals surface area contributed by atoms with Crippen molar-refractivity contribution in [2.24, 2.45) is 0 Å². The van der Waals surface area contributed by atoms with Gasteiger partial charge in [-0.2, -0.15) is 5.10 Å². The quantitative estimate of drug-likeness (QED) is 0.210. The predicted octanol–water partition coefficient (Wildman–Crippen LogP) is 7.03. The largest absolute Gasteiger partial charge is 0.573 e. The zero-order valence-electron chi connectivity index (χ0n) is 21.7. The van der Waals surface area contributed by atoms with Crippen LogP contribution in [0.2, 0.25) is 0 Å². The molecule has 0 unspecified atom stereocenters. The minimum Gasteiger partial charge on any atom is -0.440 e. The number of oxazole rings is 1. The van der Waals surface area contributed by atoms with Crippen molar-refractivity contribution in [3.63, 3.8) is 0 Å². The number of alkyl halides is 3. The van der Waals surface area contributed by atoms with Crippen LogP contribution >= 0.6 is 0 Å². The molecule has 0 aliphatic rings. The monoisotopic (exact) mass is 567 g/mol. The van der Waals surface area contributed by atoms with E-state index in [0.29, 0.717) is 39.7 Å². The van der Waals surface area contributed by atoms with E-state index in [9.17, 15) is 21.6 Å². The molecule has 0 atom stereocenters. The summed E-state index contributed by atoms with van der Waals surface area (Å²) in [4.78, 5) is 4.72. The van der Waals surface area contributed by atoms with E-state index in [-0.39, 0.29) is 10.6 Å². The second-order valence-corrected chi connectivity index (χ2v) is 11.1. The van der Waals surface area contributed by atoms with Crippen LogP contribution in [0.5, 0.6) is 5.75 Å². The summed E-state index contributed by atoms with van der Waals surface area (Å²) in [6.07, 6.45) is -1.09. The highest BCUT2D eigenvalue weighted by atomic mass is 32.2. The number of hydrogen-bond donors (Lipinski definition) is 0. The van der Waals surface area contributed by atoms with E-state index in [2.05, 4.69) is 14.8 Å². The van der Waals surface area contributed by atoms with E-state index in [0.717, 1.165) is 23.9 Å². The fourth-order valence-electron chi connectivity index (χ4n) is 4.31. The summed E-state index contributed by atoms with van der Waals surface area (Å²) >= 11 is 0. The number of benzene rings is 3. The average molecular weight is 568 g/mol. The van der Waals surface area contributed by atoms with Crippen LogP contribution in [0, 0.1) is 6.92 Å². The van der Waals surface area contributed by atoms with Gasteiger partial charge in [-0.15, -0.1) is 13.2 Å². The van der Waals surface area contributed by atoms with E-state index in [1.807, 2.05) is 43.5 Å². The highest BCUT2D eigenvalue weighted by Crippen LogP contribution is 2.39. The number of aromatic nitrogens is 3. The molecule has 3 aromatic carbocycles. The maximum atomic E-state index is 12.7. The molecule has 206 valence electrons. The Morgan fingerprint density at radius 2 is 1.65 bits per heavy atom. The topological polar surface area (TPSA) is 87.2 Å².